The van der Waals surface area contributed by atoms with Crippen LogP contribution in [0.1, 0.15) is 30.4 Å². The van der Waals surface area contributed by atoms with Gasteiger partial charge in [-0.15, -0.1) is 0 Å². The molecular weight excluding hydrogens is 475 g/mol. The molecule has 0 unspecified atom stereocenters. The Morgan fingerprint density at radius 2 is 1.78 bits per heavy atom. The van der Waals surface area contributed by atoms with E-state index in [0.717, 1.165) is 52.9 Å². The summed E-state index contributed by atoms with van der Waals surface area (Å²) >= 11 is 1.54. The van der Waals surface area contributed by atoms with Crippen molar-refractivity contribution in [3.63, 3.8) is 0 Å². The van der Waals surface area contributed by atoms with Gasteiger partial charge in [-0.25, -0.2) is 24.3 Å². The molecule has 5 rings (SSSR count). The highest BCUT2D eigenvalue weighted by molar-refractivity contribution is 7.18. The van der Waals surface area contributed by atoms with Gasteiger partial charge in [0.15, 0.2) is 5.82 Å². The van der Waals surface area contributed by atoms with Crippen LogP contribution in [0.2, 0.25) is 0 Å². The largest absolute Gasteiger partial charge is 0.362 e. The van der Waals surface area contributed by atoms with Crippen molar-refractivity contribution in [3.8, 4) is 11.3 Å². The zero-order valence-electron chi connectivity index (χ0n) is 20.3. The number of benzene rings is 1. The number of aromatic amines is 1. The van der Waals surface area contributed by atoms with Gasteiger partial charge in [0.05, 0.1) is 29.1 Å². The van der Waals surface area contributed by atoms with E-state index in [0.29, 0.717) is 17.0 Å². The predicted octanol–water partition coefficient (Wildman–Crippen LogP) is 5.02. The Kier molecular flexibility index (Phi) is 9.01. The SMILES string of the molecule is CC.Fc1cccnc1CNc1ncnc2sc(CCNCCc3ncc(-c4ccccc4)[nH]3)nc12. The van der Waals surface area contributed by atoms with Gasteiger partial charge < -0.3 is 15.6 Å². The molecule has 1 aromatic carbocycles. The molecule has 5 aromatic rings. The summed E-state index contributed by atoms with van der Waals surface area (Å²) in [5.41, 5.74) is 3.19. The lowest BCUT2D eigenvalue weighted by molar-refractivity contribution is 0.602. The summed E-state index contributed by atoms with van der Waals surface area (Å²) in [7, 11) is 0. The first kappa shape index (κ1) is 25.3. The number of nitrogens with zero attached hydrogens (tertiary/aromatic N) is 5. The standard InChI is InChI=1S/C24H23FN8S.C2H6/c25-17-7-4-10-27-19(17)14-29-23-22-24(31-15-30-23)34-21(33-22)9-12-26-11-8-20-28-13-18(32-20)16-5-2-1-3-6-16;1-2/h1-7,10,13,15,26H,8-9,11-12,14H2,(H,28,32)(H,29,30,31);1-2H3. The molecule has 0 radical (unpaired) electrons. The summed E-state index contributed by atoms with van der Waals surface area (Å²) in [4.78, 5) is 26.0. The molecule has 0 aliphatic rings. The van der Waals surface area contributed by atoms with Crippen LogP contribution < -0.4 is 10.6 Å². The molecule has 3 N–H and O–H groups in total. The highest BCUT2D eigenvalue weighted by Gasteiger charge is 2.12. The molecule has 0 atom stereocenters. The molecule has 10 heteroatoms. The second kappa shape index (κ2) is 12.8. The first-order chi connectivity index (χ1) is 17.8. The van der Waals surface area contributed by atoms with Gasteiger partial charge in [0.1, 0.15) is 28.3 Å². The molecule has 0 saturated heterocycles. The van der Waals surface area contributed by atoms with E-state index in [1.807, 2.05) is 38.2 Å². The number of anilines is 1. The molecule has 4 aromatic heterocycles. The molecule has 0 saturated carbocycles. The molecule has 8 nitrogen and oxygen atoms in total. The van der Waals surface area contributed by atoms with E-state index in [1.54, 1.807) is 23.6 Å². The highest BCUT2D eigenvalue weighted by atomic mass is 32.1. The van der Waals surface area contributed by atoms with Gasteiger partial charge in [0, 0.05) is 32.1 Å². The van der Waals surface area contributed by atoms with Crippen LogP contribution in [0.25, 0.3) is 21.6 Å². The number of fused-ring (bicyclic) bond motifs is 1. The van der Waals surface area contributed by atoms with Crippen LogP contribution in [0.5, 0.6) is 0 Å². The Balaban J connectivity index is 0.00000148. The minimum Gasteiger partial charge on any atom is -0.362 e. The molecule has 0 amide bonds. The predicted molar refractivity (Wildman–Crippen MR) is 142 cm³/mol. The third kappa shape index (κ3) is 6.46. The van der Waals surface area contributed by atoms with Crippen molar-refractivity contribution in [3.05, 3.63) is 83.5 Å². The maximum Gasteiger partial charge on any atom is 0.157 e. The van der Waals surface area contributed by atoms with E-state index in [9.17, 15) is 4.39 Å². The van der Waals surface area contributed by atoms with E-state index in [-0.39, 0.29) is 12.4 Å². The zero-order valence-corrected chi connectivity index (χ0v) is 21.1. The molecule has 186 valence electrons. The average molecular weight is 505 g/mol. The Morgan fingerprint density at radius 1 is 0.944 bits per heavy atom. The first-order valence-corrected chi connectivity index (χ1v) is 12.8. The molecule has 0 fully saturated rings. The van der Waals surface area contributed by atoms with Gasteiger partial charge in [0.2, 0.25) is 0 Å². The molecule has 0 aliphatic carbocycles. The number of thiazole rings is 1. The second-order valence-corrected chi connectivity index (χ2v) is 8.69. The summed E-state index contributed by atoms with van der Waals surface area (Å²) in [6.07, 6.45) is 6.53. The van der Waals surface area contributed by atoms with Gasteiger partial charge in [0.25, 0.3) is 0 Å². The summed E-state index contributed by atoms with van der Waals surface area (Å²) < 4.78 is 13.8. The first-order valence-electron chi connectivity index (χ1n) is 12.0. The van der Waals surface area contributed by atoms with Crippen molar-refractivity contribution in [1.29, 1.82) is 0 Å². The van der Waals surface area contributed by atoms with Crippen LogP contribution in [0.3, 0.4) is 0 Å². The number of rotatable bonds is 10. The van der Waals surface area contributed by atoms with Gasteiger partial charge in [-0.1, -0.05) is 55.5 Å². The third-order valence-corrected chi connectivity index (χ3v) is 6.29. The fraction of sp³-hybridized carbons (Fsp3) is 0.269. The van der Waals surface area contributed by atoms with Crippen molar-refractivity contribution in [2.75, 3.05) is 18.4 Å². The summed E-state index contributed by atoms with van der Waals surface area (Å²) in [5, 5.41) is 7.55. The number of halogens is 1. The van der Waals surface area contributed by atoms with Crippen LogP contribution in [-0.2, 0) is 19.4 Å². The normalized spacial score (nSPS) is 10.8. The van der Waals surface area contributed by atoms with E-state index < -0.39 is 0 Å². The smallest absolute Gasteiger partial charge is 0.157 e. The quantitative estimate of drug-likeness (QED) is 0.229. The number of hydrogen-bond acceptors (Lipinski definition) is 8. The third-order valence-electron chi connectivity index (χ3n) is 5.27. The van der Waals surface area contributed by atoms with Gasteiger partial charge in [-0.3, -0.25) is 4.98 Å². The number of nitrogens with one attached hydrogen (secondary N) is 3. The molecule has 0 spiro atoms. The van der Waals surface area contributed by atoms with E-state index in [2.05, 4.69) is 47.7 Å². The monoisotopic (exact) mass is 504 g/mol. The summed E-state index contributed by atoms with van der Waals surface area (Å²) in [6, 6.07) is 13.1. The van der Waals surface area contributed by atoms with Crippen LogP contribution in [0.4, 0.5) is 10.2 Å². The summed E-state index contributed by atoms with van der Waals surface area (Å²) in [5.74, 6) is 1.19. The second-order valence-electron chi connectivity index (χ2n) is 7.63. The maximum atomic E-state index is 13.8. The van der Waals surface area contributed by atoms with E-state index >= 15 is 0 Å². The number of aromatic nitrogens is 6. The average Bonchev–Trinajstić information content (AvgIpc) is 3.57. The Hall–Kier alpha value is -3.76. The Labute approximate surface area is 213 Å². The Bertz CT molecular complexity index is 1370. The number of hydrogen-bond donors (Lipinski definition) is 3. The lowest BCUT2D eigenvalue weighted by Crippen LogP contribution is -2.20. The number of H-pyrrole nitrogens is 1. The zero-order chi connectivity index (χ0) is 25.2. The van der Waals surface area contributed by atoms with Crippen LogP contribution >= 0.6 is 11.3 Å². The van der Waals surface area contributed by atoms with Gasteiger partial charge >= 0.3 is 0 Å². The van der Waals surface area contributed by atoms with Crippen LogP contribution in [0.15, 0.2) is 61.2 Å². The molecule has 4 heterocycles. The molecule has 36 heavy (non-hydrogen) atoms. The molecule has 0 bridgehead atoms. The van der Waals surface area contributed by atoms with E-state index in [4.69, 9.17) is 4.98 Å². The fourth-order valence-electron chi connectivity index (χ4n) is 3.53. The van der Waals surface area contributed by atoms with Gasteiger partial charge in [-0.2, -0.15) is 0 Å². The lowest BCUT2D eigenvalue weighted by atomic mass is 10.2. The number of pyridine rings is 1. The minimum absolute atomic E-state index is 0.228. The van der Waals surface area contributed by atoms with Crippen molar-refractivity contribution in [2.45, 2.75) is 33.2 Å². The van der Waals surface area contributed by atoms with Crippen molar-refractivity contribution >= 4 is 27.5 Å². The van der Waals surface area contributed by atoms with Gasteiger partial charge in [-0.05, 0) is 17.7 Å². The molecular formula is C26H29FN8S. The van der Waals surface area contributed by atoms with Crippen molar-refractivity contribution in [2.24, 2.45) is 0 Å². The van der Waals surface area contributed by atoms with Crippen molar-refractivity contribution < 1.29 is 4.39 Å². The molecule has 0 aliphatic heterocycles. The summed E-state index contributed by atoms with van der Waals surface area (Å²) in [6.45, 7) is 5.84. The highest BCUT2D eigenvalue weighted by Crippen LogP contribution is 2.25. The fourth-order valence-corrected chi connectivity index (χ4v) is 4.43. The van der Waals surface area contributed by atoms with Crippen LogP contribution in [0, 0.1) is 5.82 Å². The lowest BCUT2D eigenvalue weighted by Gasteiger charge is -2.05. The van der Waals surface area contributed by atoms with Crippen molar-refractivity contribution in [1.82, 2.24) is 35.2 Å². The maximum absolute atomic E-state index is 13.8. The minimum atomic E-state index is -0.351. The van der Waals surface area contributed by atoms with Crippen LogP contribution in [-0.4, -0.2) is 43.0 Å². The topological polar surface area (TPSA) is 104 Å². The Morgan fingerprint density at radius 3 is 2.61 bits per heavy atom. The number of imidazole rings is 1. The van der Waals surface area contributed by atoms with E-state index in [1.165, 1.54) is 12.4 Å².